The molecule has 2 N–H and O–H groups in total. The van der Waals surface area contributed by atoms with Gasteiger partial charge in [0, 0.05) is 12.8 Å². The van der Waals surface area contributed by atoms with Gasteiger partial charge in [0.25, 0.3) is 0 Å². The number of ether oxygens (including phenoxy) is 2. The molecular formula is C45H83O8P. The zero-order chi connectivity index (χ0) is 39.6. The maximum Gasteiger partial charge on any atom is 0.469 e. The zero-order valence-corrected chi connectivity index (χ0v) is 35.8. The van der Waals surface area contributed by atoms with Crippen LogP contribution in [0.3, 0.4) is 0 Å². The van der Waals surface area contributed by atoms with Gasteiger partial charge in [0.05, 0.1) is 6.61 Å². The Morgan fingerprint density at radius 3 is 1.28 bits per heavy atom. The second-order valence-corrected chi connectivity index (χ2v) is 16.3. The van der Waals surface area contributed by atoms with Crippen LogP contribution in [0.4, 0.5) is 0 Å². The van der Waals surface area contributed by atoms with Crippen molar-refractivity contribution in [1.29, 1.82) is 0 Å². The third kappa shape index (κ3) is 43.0. The molecule has 0 aliphatic rings. The van der Waals surface area contributed by atoms with Gasteiger partial charge in [0.2, 0.25) is 0 Å². The molecule has 316 valence electrons. The molecule has 54 heavy (non-hydrogen) atoms. The lowest BCUT2D eigenvalue weighted by atomic mass is 10.0. The quantitative estimate of drug-likeness (QED) is 0.0272. The van der Waals surface area contributed by atoms with Crippen LogP contribution in [0.1, 0.15) is 219 Å². The number of hydrogen-bond donors (Lipinski definition) is 2. The number of phosphoric acid groups is 1. The second kappa shape index (κ2) is 40.9. The largest absolute Gasteiger partial charge is 0.469 e. The highest BCUT2D eigenvalue weighted by molar-refractivity contribution is 7.46. The summed E-state index contributed by atoms with van der Waals surface area (Å²) in [4.78, 5) is 42.9. The number of rotatable bonds is 41. The summed E-state index contributed by atoms with van der Waals surface area (Å²) in [5, 5.41) is 0. The number of allylic oxidation sites excluding steroid dienone is 6. The maximum atomic E-state index is 12.4. The summed E-state index contributed by atoms with van der Waals surface area (Å²) in [6.45, 7) is 3.66. The molecule has 0 saturated carbocycles. The van der Waals surface area contributed by atoms with Crippen LogP contribution in [0.2, 0.25) is 0 Å². The number of hydrogen-bond acceptors (Lipinski definition) is 6. The van der Waals surface area contributed by atoms with Gasteiger partial charge < -0.3 is 19.3 Å². The standard InChI is InChI=1S/C45H83O8P/c1-3-5-7-9-11-13-15-17-19-21-22-24-25-27-29-31-33-35-37-39-44(46)51-41-43(42-52-54(48,49)50)53-45(47)40-38-36-34-32-30-28-26-23-20-18-16-14-12-10-8-6-4-2/h12,14,18,20,26,28,43H,3-11,13,15-17,19,21-25,27,29-42H2,1-2H3,(H2,48,49,50)/b14-12-,20-18-,28-26-/t43-/m1/s1. The summed E-state index contributed by atoms with van der Waals surface area (Å²) >= 11 is 0. The summed E-state index contributed by atoms with van der Waals surface area (Å²) < 4.78 is 26.4. The topological polar surface area (TPSA) is 119 Å². The Kier molecular flexibility index (Phi) is 39.6. The van der Waals surface area contributed by atoms with Gasteiger partial charge in [-0.05, 0) is 51.4 Å². The molecule has 9 heteroatoms. The van der Waals surface area contributed by atoms with E-state index in [1.807, 2.05) is 0 Å². The number of unbranched alkanes of at least 4 members (excludes halogenated alkanes) is 25. The highest BCUT2D eigenvalue weighted by Crippen LogP contribution is 2.36. The summed E-state index contributed by atoms with van der Waals surface area (Å²) in [5.41, 5.74) is 0. The van der Waals surface area contributed by atoms with E-state index < -0.39 is 32.5 Å². The van der Waals surface area contributed by atoms with E-state index in [-0.39, 0.29) is 19.4 Å². The van der Waals surface area contributed by atoms with Crippen molar-refractivity contribution in [3.63, 3.8) is 0 Å². The van der Waals surface area contributed by atoms with Crippen molar-refractivity contribution in [2.45, 2.75) is 225 Å². The molecule has 0 aliphatic heterocycles. The molecule has 0 aromatic heterocycles. The molecule has 0 aliphatic carbocycles. The molecule has 0 aromatic carbocycles. The van der Waals surface area contributed by atoms with Gasteiger partial charge in [-0.3, -0.25) is 14.1 Å². The van der Waals surface area contributed by atoms with Crippen LogP contribution < -0.4 is 0 Å². The van der Waals surface area contributed by atoms with E-state index in [4.69, 9.17) is 19.3 Å². The molecule has 0 heterocycles. The van der Waals surface area contributed by atoms with Crippen molar-refractivity contribution in [3.05, 3.63) is 36.5 Å². The summed E-state index contributed by atoms with van der Waals surface area (Å²) in [6.07, 6.45) is 48.7. The van der Waals surface area contributed by atoms with Crippen LogP contribution in [0, 0.1) is 0 Å². The van der Waals surface area contributed by atoms with Crippen molar-refractivity contribution in [1.82, 2.24) is 0 Å². The average molecular weight is 783 g/mol. The highest BCUT2D eigenvalue weighted by Gasteiger charge is 2.22. The lowest BCUT2D eigenvalue weighted by Gasteiger charge is -2.18. The van der Waals surface area contributed by atoms with Gasteiger partial charge in [0.1, 0.15) is 6.61 Å². The van der Waals surface area contributed by atoms with Crippen molar-refractivity contribution >= 4 is 19.8 Å². The second-order valence-electron chi connectivity index (χ2n) is 15.0. The SMILES string of the molecule is CCCCC/C=C\C/C=C\C/C=C\CCCCCCC(=O)O[C@H](COC(=O)CCCCCCCCCCCCCCCCCCCCC)COP(=O)(O)O. The number of esters is 2. The Morgan fingerprint density at radius 2 is 0.833 bits per heavy atom. The van der Waals surface area contributed by atoms with Gasteiger partial charge in [-0.15, -0.1) is 0 Å². The minimum Gasteiger partial charge on any atom is -0.462 e. The van der Waals surface area contributed by atoms with Crippen LogP contribution in [-0.2, 0) is 28.2 Å². The molecular weight excluding hydrogens is 699 g/mol. The Bertz CT molecular complexity index is 973. The predicted molar refractivity (Wildman–Crippen MR) is 225 cm³/mol. The fraction of sp³-hybridized carbons (Fsp3) is 0.822. The predicted octanol–water partition coefficient (Wildman–Crippen LogP) is 13.7. The summed E-state index contributed by atoms with van der Waals surface area (Å²) in [7, 11) is -4.76. The van der Waals surface area contributed by atoms with Gasteiger partial charge in [0.15, 0.2) is 6.10 Å². The number of carbonyl (C=O) groups excluding carboxylic acids is 2. The fourth-order valence-electron chi connectivity index (χ4n) is 6.32. The van der Waals surface area contributed by atoms with E-state index in [1.165, 1.54) is 128 Å². The van der Waals surface area contributed by atoms with Crippen LogP contribution in [-0.4, -0.2) is 41.0 Å². The maximum absolute atomic E-state index is 12.4. The Balaban J connectivity index is 3.90. The van der Waals surface area contributed by atoms with Crippen molar-refractivity contribution in [3.8, 4) is 0 Å². The molecule has 0 amide bonds. The van der Waals surface area contributed by atoms with Crippen LogP contribution >= 0.6 is 7.82 Å². The van der Waals surface area contributed by atoms with E-state index in [9.17, 15) is 14.2 Å². The van der Waals surface area contributed by atoms with Gasteiger partial charge in [-0.1, -0.05) is 192 Å². The minimum absolute atomic E-state index is 0.188. The molecule has 0 aromatic rings. The van der Waals surface area contributed by atoms with E-state index in [0.29, 0.717) is 6.42 Å². The van der Waals surface area contributed by atoms with Crippen molar-refractivity contribution in [2.75, 3.05) is 13.2 Å². The van der Waals surface area contributed by atoms with E-state index in [2.05, 4.69) is 54.8 Å². The Hall–Kier alpha value is -1.73. The molecule has 1 atom stereocenters. The first-order valence-corrected chi connectivity index (χ1v) is 23.8. The third-order valence-electron chi connectivity index (χ3n) is 9.66. The smallest absolute Gasteiger partial charge is 0.462 e. The molecule has 0 saturated heterocycles. The molecule has 0 spiro atoms. The van der Waals surface area contributed by atoms with E-state index in [1.54, 1.807) is 0 Å². The average Bonchev–Trinajstić information content (AvgIpc) is 3.14. The van der Waals surface area contributed by atoms with E-state index in [0.717, 1.165) is 57.8 Å². The van der Waals surface area contributed by atoms with Crippen LogP contribution in [0.15, 0.2) is 36.5 Å². The minimum atomic E-state index is -4.76. The molecule has 0 radical (unpaired) electrons. The van der Waals surface area contributed by atoms with Gasteiger partial charge in [-0.2, -0.15) is 0 Å². The Morgan fingerprint density at radius 1 is 0.481 bits per heavy atom. The molecule has 8 nitrogen and oxygen atoms in total. The van der Waals surface area contributed by atoms with Crippen LogP contribution in [0.25, 0.3) is 0 Å². The van der Waals surface area contributed by atoms with Crippen LogP contribution in [0.5, 0.6) is 0 Å². The van der Waals surface area contributed by atoms with Crippen molar-refractivity contribution in [2.24, 2.45) is 0 Å². The first-order valence-electron chi connectivity index (χ1n) is 22.3. The first kappa shape index (κ1) is 52.3. The summed E-state index contributed by atoms with van der Waals surface area (Å²) in [5.74, 6) is -0.902. The molecule has 0 unspecified atom stereocenters. The normalized spacial score (nSPS) is 12.7. The lowest BCUT2D eigenvalue weighted by Crippen LogP contribution is -2.29. The monoisotopic (exact) mass is 783 g/mol. The van der Waals surface area contributed by atoms with Gasteiger partial charge >= 0.3 is 19.8 Å². The highest BCUT2D eigenvalue weighted by atomic mass is 31.2. The van der Waals surface area contributed by atoms with E-state index >= 15 is 0 Å². The zero-order valence-electron chi connectivity index (χ0n) is 34.9. The fourth-order valence-corrected chi connectivity index (χ4v) is 6.68. The molecule has 0 bridgehead atoms. The van der Waals surface area contributed by atoms with Gasteiger partial charge in [-0.25, -0.2) is 4.57 Å². The number of carbonyl (C=O) groups is 2. The molecule has 0 rings (SSSR count). The lowest BCUT2D eigenvalue weighted by molar-refractivity contribution is -0.161. The summed E-state index contributed by atoms with van der Waals surface area (Å²) in [6, 6.07) is 0. The number of phosphoric ester groups is 1. The molecule has 0 fully saturated rings. The first-order chi connectivity index (χ1) is 26.3. The third-order valence-corrected chi connectivity index (χ3v) is 10.1. The Labute approximate surface area is 332 Å². The van der Waals surface area contributed by atoms with Crippen molar-refractivity contribution < 1.29 is 37.9 Å².